The van der Waals surface area contributed by atoms with E-state index in [0.29, 0.717) is 18.5 Å². The minimum Gasteiger partial charge on any atom is -0.463 e. The zero-order valence-electron chi connectivity index (χ0n) is 18.0. The molecule has 0 radical (unpaired) electrons. The number of carbonyl (C=O) groups excluding carboxylic acids is 4. The van der Waals surface area contributed by atoms with Gasteiger partial charge in [-0.1, -0.05) is 47.5 Å². The van der Waals surface area contributed by atoms with Crippen molar-refractivity contribution in [3.63, 3.8) is 0 Å². The summed E-state index contributed by atoms with van der Waals surface area (Å²) in [6.07, 6.45) is 9.56. The van der Waals surface area contributed by atoms with Gasteiger partial charge in [0.05, 0.1) is 4.32 Å². The molecule has 2 saturated carbocycles. The minimum absolute atomic E-state index is 0.0172. The Labute approximate surface area is 190 Å². The summed E-state index contributed by atoms with van der Waals surface area (Å²) < 4.78 is 10.1. The number of allylic oxidation sites excluding steroid dienone is 5. The van der Waals surface area contributed by atoms with Gasteiger partial charge < -0.3 is 9.47 Å². The number of rotatable bonds is 5. The number of carbonyl (C=O) groups is 4. The molecule has 2 fully saturated rings. The lowest BCUT2D eigenvalue weighted by Gasteiger charge is -2.63. The molecule has 0 aromatic carbocycles. The highest BCUT2D eigenvalue weighted by Gasteiger charge is 2.68. The fourth-order valence-electron chi connectivity index (χ4n) is 6.64. The number of hydrogen-bond donors (Lipinski definition) is 0. The highest BCUT2D eigenvalue weighted by atomic mass is 79.9. The maximum Gasteiger partial charge on any atom is 0.303 e. The van der Waals surface area contributed by atoms with Crippen LogP contribution < -0.4 is 0 Å². The minimum atomic E-state index is -0.589. The molecule has 6 nitrogen and oxygen atoms in total. The van der Waals surface area contributed by atoms with Crippen LogP contribution >= 0.6 is 15.9 Å². The van der Waals surface area contributed by atoms with E-state index in [0.717, 1.165) is 24.8 Å². The van der Waals surface area contributed by atoms with Crippen LogP contribution in [0.15, 0.2) is 35.5 Å². The molecule has 0 aromatic rings. The first-order valence-electron chi connectivity index (χ1n) is 10.7. The smallest absolute Gasteiger partial charge is 0.303 e. The molecule has 0 N–H and O–H groups in total. The number of Topliss-reactive ketones (excluding diaryl/α,β-unsaturated/α-hetero) is 1. The van der Waals surface area contributed by atoms with Crippen LogP contribution in [-0.4, -0.2) is 41.0 Å². The highest BCUT2D eigenvalue weighted by molar-refractivity contribution is 9.10. The summed E-state index contributed by atoms with van der Waals surface area (Å²) in [5, 5.41) is 0. The Hall–Kier alpha value is -2.02. The van der Waals surface area contributed by atoms with E-state index in [1.54, 1.807) is 12.2 Å². The lowest BCUT2D eigenvalue weighted by Crippen LogP contribution is -2.66. The number of esters is 1. The van der Waals surface area contributed by atoms with Crippen LogP contribution in [0.5, 0.6) is 0 Å². The van der Waals surface area contributed by atoms with Gasteiger partial charge in [0.15, 0.2) is 18.2 Å². The van der Waals surface area contributed by atoms with Gasteiger partial charge in [-0.15, -0.1) is 0 Å². The summed E-state index contributed by atoms with van der Waals surface area (Å²) in [5.74, 6) is -0.420. The van der Waals surface area contributed by atoms with E-state index >= 15 is 0 Å². The quantitative estimate of drug-likeness (QED) is 0.332. The van der Waals surface area contributed by atoms with E-state index in [2.05, 4.69) is 29.8 Å². The SMILES string of the molecule is CC(=O)OCC(=O)C1=CC[C@H]2[C@@H]3CCC4=CC(=O)C=C[C@]4(C)[C@@]3(Br)[C@@H](OC=O)C[C@]12C. The third kappa shape index (κ3) is 3.11. The molecular formula is C24H27BrO6. The Bertz CT molecular complexity index is 948. The van der Waals surface area contributed by atoms with Crippen LogP contribution in [0.3, 0.4) is 0 Å². The van der Waals surface area contributed by atoms with Crippen LogP contribution in [0.1, 0.15) is 46.5 Å². The van der Waals surface area contributed by atoms with Crippen molar-refractivity contribution >= 4 is 39.9 Å². The van der Waals surface area contributed by atoms with Gasteiger partial charge in [0.25, 0.3) is 6.47 Å². The molecule has 4 rings (SSSR count). The van der Waals surface area contributed by atoms with Gasteiger partial charge in [-0.05, 0) is 49.7 Å². The van der Waals surface area contributed by atoms with Crippen molar-refractivity contribution in [2.24, 2.45) is 22.7 Å². The number of hydrogen-bond acceptors (Lipinski definition) is 6. The van der Waals surface area contributed by atoms with E-state index in [-0.39, 0.29) is 30.0 Å². The number of halogens is 1. The average Bonchev–Trinajstić information content (AvgIpc) is 3.05. The van der Waals surface area contributed by atoms with Crippen molar-refractivity contribution in [1.29, 1.82) is 0 Å². The predicted octanol–water partition coefficient (Wildman–Crippen LogP) is 3.63. The van der Waals surface area contributed by atoms with E-state index in [1.807, 2.05) is 12.2 Å². The largest absolute Gasteiger partial charge is 0.463 e. The number of ketones is 2. The van der Waals surface area contributed by atoms with Gasteiger partial charge >= 0.3 is 5.97 Å². The van der Waals surface area contributed by atoms with Crippen molar-refractivity contribution < 1.29 is 28.7 Å². The van der Waals surface area contributed by atoms with Crippen LogP contribution in [-0.2, 0) is 28.7 Å². The Morgan fingerprint density at radius 3 is 2.71 bits per heavy atom. The molecule has 4 aliphatic rings. The molecule has 0 spiro atoms. The first-order valence-corrected chi connectivity index (χ1v) is 11.5. The topological polar surface area (TPSA) is 86.7 Å². The monoisotopic (exact) mass is 490 g/mol. The van der Waals surface area contributed by atoms with Crippen molar-refractivity contribution in [3.8, 4) is 0 Å². The van der Waals surface area contributed by atoms with Gasteiger partial charge in [0, 0.05) is 23.3 Å². The van der Waals surface area contributed by atoms with Crippen LogP contribution in [0, 0.1) is 22.7 Å². The molecule has 31 heavy (non-hydrogen) atoms. The zero-order valence-corrected chi connectivity index (χ0v) is 19.6. The Morgan fingerprint density at radius 2 is 2.03 bits per heavy atom. The Balaban J connectivity index is 1.74. The van der Waals surface area contributed by atoms with Gasteiger partial charge in [0.2, 0.25) is 0 Å². The number of ether oxygens (including phenoxy) is 2. The maximum absolute atomic E-state index is 12.9. The van der Waals surface area contributed by atoms with Crippen molar-refractivity contribution in [2.45, 2.75) is 56.9 Å². The molecule has 4 aliphatic carbocycles. The molecule has 0 unspecified atom stereocenters. The molecule has 6 atom stereocenters. The van der Waals surface area contributed by atoms with Crippen molar-refractivity contribution in [2.75, 3.05) is 6.61 Å². The van der Waals surface area contributed by atoms with Crippen LogP contribution in [0.2, 0.25) is 0 Å². The summed E-state index contributed by atoms with van der Waals surface area (Å²) in [4.78, 5) is 47.7. The van der Waals surface area contributed by atoms with E-state index < -0.39 is 27.2 Å². The third-order valence-corrected chi connectivity index (χ3v) is 10.0. The summed E-state index contributed by atoms with van der Waals surface area (Å²) in [6, 6.07) is 0. The van der Waals surface area contributed by atoms with Gasteiger partial charge in [0.1, 0.15) is 6.10 Å². The molecule has 0 heterocycles. The number of fused-ring (bicyclic) bond motifs is 5. The fraction of sp³-hybridized carbons (Fsp3) is 0.583. The molecule has 0 bridgehead atoms. The first-order chi connectivity index (χ1) is 14.6. The molecule has 166 valence electrons. The standard InChI is InChI=1S/C24H27BrO6/c1-14(27)30-12-20(29)19-7-6-17-18-5-4-15-10-16(28)8-9-23(15,3)24(18,25)21(31-13-26)11-22(17,19)2/h7-10,13,17-18,21H,4-6,11-12H2,1-3H3/t17-,18-,21-,22-,23-,24-/m0/s1. The predicted molar refractivity (Wildman–Crippen MR) is 116 cm³/mol. The van der Waals surface area contributed by atoms with E-state index in [4.69, 9.17) is 9.47 Å². The lowest BCUT2D eigenvalue weighted by atomic mass is 9.46. The normalized spacial score (nSPS) is 40.6. The van der Waals surface area contributed by atoms with E-state index in [9.17, 15) is 19.2 Å². The number of alkyl halides is 1. The summed E-state index contributed by atoms with van der Waals surface area (Å²) in [6.45, 7) is 5.64. The Kier molecular flexibility index (Phi) is 5.39. The van der Waals surface area contributed by atoms with Gasteiger partial charge in [-0.25, -0.2) is 0 Å². The van der Waals surface area contributed by atoms with Gasteiger partial charge in [-0.2, -0.15) is 0 Å². The molecule has 0 saturated heterocycles. The van der Waals surface area contributed by atoms with Crippen LogP contribution in [0.4, 0.5) is 0 Å². The van der Waals surface area contributed by atoms with Gasteiger partial charge in [-0.3, -0.25) is 19.2 Å². The molecule has 0 aliphatic heterocycles. The molecular weight excluding hydrogens is 464 g/mol. The lowest BCUT2D eigenvalue weighted by molar-refractivity contribution is -0.150. The van der Waals surface area contributed by atoms with Crippen molar-refractivity contribution in [3.05, 3.63) is 35.5 Å². The van der Waals surface area contributed by atoms with Crippen molar-refractivity contribution in [1.82, 2.24) is 0 Å². The first kappa shape index (κ1) is 22.2. The average molecular weight is 491 g/mol. The fourth-order valence-corrected chi connectivity index (χ4v) is 7.84. The summed E-state index contributed by atoms with van der Waals surface area (Å²) >= 11 is 4.06. The highest BCUT2D eigenvalue weighted by Crippen LogP contribution is 2.69. The summed E-state index contributed by atoms with van der Waals surface area (Å²) in [7, 11) is 0. The zero-order chi connectivity index (χ0) is 22.6. The second kappa shape index (κ2) is 7.54. The third-order valence-electron chi connectivity index (χ3n) is 8.12. The van der Waals surface area contributed by atoms with Crippen LogP contribution in [0.25, 0.3) is 0 Å². The second-order valence-corrected chi connectivity index (χ2v) is 10.8. The second-order valence-electron chi connectivity index (χ2n) is 9.53. The summed E-state index contributed by atoms with van der Waals surface area (Å²) in [5.41, 5.74) is 0.740. The maximum atomic E-state index is 12.9. The van der Waals surface area contributed by atoms with E-state index in [1.165, 1.54) is 6.92 Å². The molecule has 0 aromatic heterocycles. The molecule has 0 amide bonds. The Morgan fingerprint density at radius 1 is 1.29 bits per heavy atom. The molecule has 7 heteroatoms.